The Hall–Kier alpha value is -0.870. The predicted octanol–water partition coefficient (Wildman–Crippen LogP) is 1.04. The van der Waals surface area contributed by atoms with Crippen LogP contribution in [0.25, 0.3) is 0 Å². The van der Waals surface area contributed by atoms with Gasteiger partial charge in [-0.1, -0.05) is 6.42 Å². The molecule has 1 N–H and O–H groups in total. The smallest absolute Gasteiger partial charge is 0.0522 e. The molecule has 1 aliphatic rings. The molecule has 4 heteroatoms. The number of likely N-dealkylation sites (tertiary alicyclic amines) is 1. The highest BCUT2D eigenvalue weighted by Gasteiger charge is 2.08. The maximum atomic E-state index is 4.17. The summed E-state index contributed by atoms with van der Waals surface area (Å²) in [4.78, 5) is 2.57. The van der Waals surface area contributed by atoms with Gasteiger partial charge in [0.1, 0.15) is 0 Å². The minimum atomic E-state index is 1.06. The first kappa shape index (κ1) is 12.6. The van der Waals surface area contributed by atoms with Gasteiger partial charge < -0.3 is 10.2 Å². The highest BCUT2D eigenvalue weighted by molar-refractivity contribution is 5.03. The van der Waals surface area contributed by atoms with Crippen LogP contribution >= 0.6 is 0 Å². The third-order valence-corrected chi connectivity index (χ3v) is 3.40. The Morgan fingerprint density at radius 2 is 2.06 bits per heavy atom. The number of aromatic nitrogens is 2. The van der Waals surface area contributed by atoms with Crippen LogP contribution in [-0.4, -0.2) is 47.4 Å². The Bertz CT molecular complexity index is 315. The Balaban J connectivity index is 1.51. The molecule has 0 spiro atoms. The summed E-state index contributed by atoms with van der Waals surface area (Å²) in [5, 5.41) is 7.68. The Morgan fingerprint density at radius 1 is 1.24 bits per heavy atom. The number of nitrogens with one attached hydrogen (secondary N) is 1. The summed E-state index contributed by atoms with van der Waals surface area (Å²) in [6.45, 7) is 5.96. The van der Waals surface area contributed by atoms with E-state index in [4.69, 9.17) is 0 Å². The van der Waals surface area contributed by atoms with Gasteiger partial charge in [0.15, 0.2) is 0 Å². The monoisotopic (exact) mass is 236 g/mol. The molecule has 1 fully saturated rings. The lowest BCUT2D eigenvalue weighted by molar-refractivity contribution is 0.229. The van der Waals surface area contributed by atoms with E-state index in [2.05, 4.69) is 21.5 Å². The van der Waals surface area contributed by atoms with Crippen LogP contribution in [0.15, 0.2) is 12.4 Å². The molecule has 0 unspecified atom stereocenters. The normalized spacial score (nSPS) is 17.5. The van der Waals surface area contributed by atoms with Gasteiger partial charge in [-0.25, -0.2) is 0 Å². The van der Waals surface area contributed by atoms with Gasteiger partial charge in [-0.3, -0.25) is 4.68 Å². The molecule has 1 aliphatic heterocycles. The van der Waals surface area contributed by atoms with Crippen LogP contribution in [0.2, 0.25) is 0 Å². The molecule has 0 aromatic carbocycles. The topological polar surface area (TPSA) is 33.1 Å². The largest absolute Gasteiger partial charge is 0.315 e. The zero-order chi connectivity index (χ0) is 11.9. The molecule has 1 saturated heterocycles. The lowest BCUT2D eigenvalue weighted by Gasteiger charge is -2.26. The zero-order valence-corrected chi connectivity index (χ0v) is 10.9. The van der Waals surface area contributed by atoms with Crippen molar-refractivity contribution in [2.45, 2.75) is 25.7 Å². The van der Waals surface area contributed by atoms with E-state index >= 15 is 0 Å². The van der Waals surface area contributed by atoms with Crippen LogP contribution in [0.1, 0.15) is 24.8 Å². The summed E-state index contributed by atoms with van der Waals surface area (Å²) in [7, 11) is 1.97. The molecule has 0 bridgehead atoms. The molecule has 0 aliphatic carbocycles. The number of rotatable bonds is 6. The fourth-order valence-electron chi connectivity index (χ4n) is 2.38. The maximum Gasteiger partial charge on any atom is 0.0522 e. The quantitative estimate of drug-likeness (QED) is 0.749. The van der Waals surface area contributed by atoms with Crippen molar-refractivity contribution in [3.8, 4) is 0 Å². The molecule has 0 radical (unpaired) electrons. The second-order valence-corrected chi connectivity index (χ2v) is 4.92. The van der Waals surface area contributed by atoms with Crippen LogP contribution < -0.4 is 5.32 Å². The van der Waals surface area contributed by atoms with Crippen molar-refractivity contribution in [1.29, 1.82) is 0 Å². The fourth-order valence-corrected chi connectivity index (χ4v) is 2.38. The zero-order valence-electron chi connectivity index (χ0n) is 10.9. The molecule has 0 atom stereocenters. The van der Waals surface area contributed by atoms with Gasteiger partial charge in [-0.15, -0.1) is 0 Å². The molecular formula is C13H24N4. The van der Waals surface area contributed by atoms with Gasteiger partial charge in [0.25, 0.3) is 0 Å². The van der Waals surface area contributed by atoms with E-state index in [0.717, 1.165) is 19.5 Å². The SMILES string of the molecule is Cn1cc(CCNCCN2CCCCC2)cn1. The standard InChI is InChI=1S/C13H24N4/c1-16-12-13(11-15-16)5-6-14-7-10-17-8-3-2-4-9-17/h11-12,14H,2-10H2,1H3. The molecule has 0 amide bonds. The molecule has 17 heavy (non-hydrogen) atoms. The highest BCUT2D eigenvalue weighted by Crippen LogP contribution is 2.07. The van der Waals surface area contributed by atoms with Crippen LogP contribution in [-0.2, 0) is 13.5 Å². The van der Waals surface area contributed by atoms with Gasteiger partial charge >= 0.3 is 0 Å². The number of aryl methyl sites for hydroxylation is 1. The minimum Gasteiger partial charge on any atom is -0.315 e. The van der Waals surface area contributed by atoms with Crippen molar-refractivity contribution in [3.63, 3.8) is 0 Å². The highest BCUT2D eigenvalue weighted by atomic mass is 15.2. The summed E-state index contributed by atoms with van der Waals surface area (Å²) in [5.41, 5.74) is 1.32. The van der Waals surface area contributed by atoms with E-state index in [9.17, 15) is 0 Å². The lowest BCUT2D eigenvalue weighted by Crippen LogP contribution is -2.36. The predicted molar refractivity (Wildman–Crippen MR) is 70.1 cm³/mol. The average Bonchev–Trinajstić information content (AvgIpc) is 2.76. The molecule has 0 saturated carbocycles. The Morgan fingerprint density at radius 3 is 2.76 bits per heavy atom. The minimum absolute atomic E-state index is 1.06. The van der Waals surface area contributed by atoms with Crippen LogP contribution in [0.3, 0.4) is 0 Å². The third kappa shape index (κ3) is 4.48. The van der Waals surface area contributed by atoms with Gasteiger partial charge in [0.05, 0.1) is 6.20 Å². The van der Waals surface area contributed by atoms with E-state index in [0.29, 0.717) is 0 Å². The van der Waals surface area contributed by atoms with Crippen molar-refractivity contribution in [2.75, 3.05) is 32.7 Å². The van der Waals surface area contributed by atoms with Crippen LogP contribution in [0.4, 0.5) is 0 Å². The molecule has 4 nitrogen and oxygen atoms in total. The Kier molecular flexibility index (Phi) is 5.01. The number of piperidine rings is 1. The maximum absolute atomic E-state index is 4.17. The summed E-state index contributed by atoms with van der Waals surface area (Å²) in [6.07, 6.45) is 9.31. The Labute approximate surface area is 104 Å². The second-order valence-electron chi connectivity index (χ2n) is 4.92. The number of nitrogens with zero attached hydrogens (tertiary/aromatic N) is 3. The number of hydrogen-bond donors (Lipinski definition) is 1. The van der Waals surface area contributed by atoms with Crippen molar-refractivity contribution in [2.24, 2.45) is 7.05 Å². The lowest BCUT2D eigenvalue weighted by atomic mass is 10.1. The third-order valence-electron chi connectivity index (χ3n) is 3.40. The molecule has 1 aromatic rings. The van der Waals surface area contributed by atoms with Crippen molar-refractivity contribution in [3.05, 3.63) is 18.0 Å². The molecule has 1 aromatic heterocycles. The van der Waals surface area contributed by atoms with Crippen molar-refractivity contribution < 1.29 is 0 Å². The van der Waals surface area contributed by atoms with Crippen molar-refractivity contribution in [1.82, 2.24) is 20.0 Å². The van der Waals surface area contributed by atoms with Gasteiger partial charge in [0, 0.05) is 26.3 Å². The molecular weight excluding hydrogens is 212 g/mol. The number of hydrogen-bond acceptors (Lipinski definition) is 3. The van der Waals surface area contributed by atoms with E-state index in [1.54, 1.807) is 0 Å². The first-order chi connectivity index (χ1) is 8.34. The fraction of sp³-hybridized carbons (Fsp3) is 0.769. The summed E-state index contributed by atoms with van der Waals surface area (Å²) in [5.74, 6) is 0. The first-order valence-electron chi connectivity index (χ1n) is 6.75. The van der Waals surface area contributed by atoms with E-state index < -0.39 is 0 Å². The second kappa shape index (κ2) is 6.77. The van der Waals surface area contributed by atoms with E-state index in [1.807, 2.05) is 17.9 Å². The van der Waals surface area contributed by atoms with E-state index in [1.165, 1.54) is 44.5 Å². The average molecular weight is 236 g/mol. The van der Waals surface area contributed by atoms with Crippen molar-refractivity contribution >= 4 is 0 Å². The van der Waals surface area contributed by atoms with Gasteiger partial charge in [0.2, 0.25) is 0 Å². The van der Waals surface area contributed by atoms with Crippen LogP contribution in [0, 0.1) is 0 Å². The summed E-state index contributed by atoms with van der Waals surface area (Å²) >= 11 is 0. The first-order valence-corrected chi connectivity index (χ1v) is 6.75. The molecule has 2 rings (SSSR count). The molecule has 96 valence electrons. The summed E-state index contributed by atoms with van der Waals surface area (Å²) < 4.78 is 1.86. The van der Waals surface area contributed by atoms with Gasteiger partial charge in [-0.05, 0) is 44.5 Å². The van der Waals surface area contributed by atoms with Gasteiger partial charge in [-0.2, -0.15) is 5.10 Å². The molecule has 2 heterocycles. The van der Waals surface area contributed by atoms with Crippen LogP contribution in [0.5, 0.6) is 0 Å². The van der Waals surface area contributed by atoms with E-state index in [-0.39, 0.29) is 0 Å². The summed E-state index contributed by atoms with van der Waals surface area (Å²) in [6, 6.07) is 0.